The van der Waals surface area contributed by atoms with Gasteiger partial charge in [0.25, 0.3) is 0 Å². The summed E-state index contributed by atoms with van der Waals surface area (Å²) in [6, 6.07) is 25.5. The van der Waals surface area contributed by atoms with Gasteiger partial charge in [0.1, 0.15) is 12.4 Å². The lowest BCUT2D eigenvalue weighted by Crippen LogP contribution is -2.18. The lowest BCUT2D eigenvalue weighted by Gasteiger charge is -2.24. The van der Waals surface area contributed by atoms with E-state index in [0.717, 1.165) is 51.9 Å². The number of carbonyl (C=O) groups is 1. The van der Waals surface area contributed by atoms with Gasteiger partial charge in [-0.1, -0.05) is 67.1 Å². The number of fused-ring (bicyclic) bond motifs is 1. The minimum absolute atomic E-state index is 0.0612. The number of aryl methyl sites for hydroxylation is 1. The summed E-state index contributed by atoms with van der Waals surface area (Å²) in [6.45, 7) is 5.65. The van der Waals surface area contributed by atoms with Crippen LogP contribution >= 0.6 is 23.4 Å². The monoisotopic (exact) mass is 563 g/mol. The largest absolute Gasteiger partial charge is 0.487 e. The van der Waals surface area contributed by atoms with Gasteiger partial charge in [0.05, 0.1) is 22.7 Å². The third kappa shape index (κ3) is 7.98. The topological polar surface area (TPSA) is 79.7 Å². The lowest BCUT2D eigenvalue weighted by atomic mass is 9.90. The van der Waals surface area contributed by atoms with Crippen molar-refractivity contribution in [1.82, 2.24) is 4.98 Å². The minimum atomic E-state index is -0.938. The maximum atomic E-state index is 11.5. The van der Waals surface area contributed by atoms with Crippen LogP contribution in [0, 0.1) is 5.92 Å². The van der Waals surface area contributed by atoms with Crippen LogP contribution in [-0.4, -0.2) is 26.9 Å². The van der Waals surface area contributed by atoms with Gasteiger partial charge in [-0.3, -0.25) is 4.79 Å². The number of carboxylic acid groups (broad SMARTS) is 1. The number of pyridine rings is 1. The second-order valence-corrected chi connectivity index (χ2v) is 12.0. The Morgan fingerprint density at radius 1 is 1.05 bits per heavy atom. The van der Waals surface area contributed by atoms with Crippen LogP contribution in [0.3, 0.4) is 0 Å². The highest BCUT2D eigenvalue weighted by atomic mass is 35.5. The smallest absolute Gasteiger partial charge is 0.307 e. The molecular weight excluding hydrogens is 530 g/mol. The number of halogens is 1. The lowest BCUT2D eigenvalue weighted by molar-refractivity contribution is -0.140. The molecule has 1 heterocycles. The second kappa shape index (κ2) is 12.9. The summed E-state index contributed by atoms with van der Waals surface area (Å²) in [5.74, 6) is -0.0147. The van der Waals surface area contributed by atoms with Gasteiger partial charge in [0.2, 0.25) is 0 Å². The van der Waals surface area contributed by atoms with Crippen molar-refractivity contribution in [3.05, 3.63) is 106 Å². The summed E-state index contributed by atoms with van der Waals surface area (Å²) in [6.07, 6.45) is 1.55. The molecule has 7 heteroatoms. The van der Waals surface area contributed by atoms with E-state index in [4.69, 9.17) is 16.3 Å². The third-order valence-electron chi connectivity index (χ3n) is 6.65. The summed E-state index contributed by atoms with van der Waals surface area (Å²) < 4.78 is 6.12. The zero-order valence-corrected chi connectivity index (χ0v) is 24.0. The van der Waals surface area contributed by atoms with E-state index < -0.39 is 17.5 Å². The van der Waals surface area contributed by atoms with Crippen LogP contribution in [0.1, 0.15) is 54.8 Å². The summed E-state index contributed by atoms with van der Waals surface area (Å²) in [4.78, 5) is 16.2. The van der Waals surface area contributed by atoms with Gasteiger partial charge in [0, 0.05) is 21.4 Å². The maximum Gasteiger partial charge on any atom is 0.307 e. The number of benzene rings is 3. The zero-order chi connectivity index (χ0) is 28.0. The number of nitrogens with zero attached hydrogens (tertiary/aromatic N) is 1. The molecule has 0 unspecified atom stereocenters. The van der Waals surface area contributed by atoms with Crippen molar-refractivity contribution in [2.75, 3.05) is 5.75 Å². The van der Waals surface area contributed by atoms with Crippen molar-refractivity contribution < 1.29 is 19.7 Å². The van der Waals surface area contributed by atoms with E-state index >= 15 is 0 Å². The molecule has 204 valence electrons. The molecule has 0 amide bonds. The van der Waals surface area contributed by atoms with Crippen molar-refractivity contribution in [2.24, 2.45) is 5.92 Å². The van der Waals surface area contributed by atoms with Crippen LogP contribution in [0.5, 0.6) is 5.75 Å². The van der Waals surface area contributed by atoms with Gasteiger partial charge >= 0.3 is 5.97 Å². The van der Waals surface area contributed by atoms with Gasteiger partial charge in [-0.2, -0.15) is 11.8 Å². The van der Waals surface area contributed by atoms with Gasteiger partial charge in [-0.05, 0) is 73.7 Å². The first-order valence-electron chi connectivity index (χ1n) is 13.0. The van der Waals surface area contributed by atoms with E-state index in [9.17, 15) is 15.0 Å². The molecule has 0 aliphatic carbocycles. The van der Waals surface area contributed by atoms with Gasteiger partial charge in [0.15, 0.2) is 0 Å². The average molecular weight is 564 g/mol. The summed E-state index contributed by atoms with van der Waals surface area (Å²) in [7, 11) is 0. The molecule has 0 aliphatic rings. The van der Waals surface area contributed by atoms with E-state index in [2.05, 4.69) is 17.1 Å². The first-order chi connectivity index (χ1) is 18.6. The fourth-order valence-electron chi connectivity index (χ4n) is 4.47. The molecule has 0 saturated carbocycles. The number of thioether (sulfide) groups is 1. The SMILES string of the molecule is C[C@H](CS[C@@H](CCc1ccccc1C(C)(C)O)c1cccc(OCc2ccc3ccc(Cl)cc3n2)c1)C(=O)O. The normalized spacial score (nSPS) is 13.3. The summed E-state index contributed by atoms with van der Waals surface area (Å²) in [5, 5.41) is 21.8. The average Bonchev–Trinajstić information content (AvgIpc) is 2.91. The number of aromatic nitrogens is 1. The Morgan fingerprint density at radius 3 is 2.59 bits per heavy atom. The molecule has 0 bridgehead atoms. The molecule has 0 aliphatic heterocycles. The van der Waals surface area contributed by atoms with Crippen LogP contribution in [0.15, 0.2) is 78.9 Å². The fourth-order valence-corrected chi connectivity index (χ4v) is 5.93. The number of rotatable bonds is 12. The predicted octanol–water partition coefficient (Wildman–Crippen LogP) is 7.82. The molecule has 2 N–H and O–H groups in total. The quantitative estimate of drug-likeness (QED) is 0.183. The Labute approximate surface area is 239 Å². The first kappa shape index (κ1) is 28.9. The van der Waals surface area contributed by atoms with E-state index in [-0.39, 0.29) is 5.25 Å². The van der Waals surface area contributed by atoms with Crippen molar-refractivity contribution >= 4 is 40.2 Å². The second-order valence-electron chi connectivity index (χ2n) is 10.3. The molecule has 0 radical (unpaired) electrons. The molecule has 4 aromatic rings. The minimum Gasteiger partial charge on any atom is -0.487 e. The van der Waals surface area contributed by atoms with Crippen LogP contribution in [0.2, 0.25) is 5.02 Å². The van der Waals surface area contributed by atoms with Crippen LogP contribution < -0.4 is 4.74 Å². The maximum absolute atomic E-state index is 11.5. The van der Waals surface area contributed by atoms with Crippen LogP contribution in [-0.2, 0) is 23.4 Å². The summed E-state index contributed by atoms with van der Waals surface area (Å²) >= 11 is 7.78. The zero-order valence-electron chi connectivity index (χ0n) is 22.4. The number of ether oxygens (including phenoxy) is 1. The molecule has 39 heavy (non-hydrogen) atoms. The van der Waals surface area contributed by atoms with Crippen molar-refractivity contribution in [3.8, 4) is 5.75 Å². The number of hydrogen-bond acceptors (Lipinski definition) is 5. The highest BCUT2D eigenvalue weighted by Crippen LogP contribution is 2.37. The van der Waals surface area contributed by atoms with Gasteiger partial charge < -0.3 is 14.9 Å². The molecule has 0 spiro atoms. The van der Waals surface area contributed by atoms with E-state index in [1.54, 1.807) is 32.5 Å². The molecule has 5 nitrogen and oxygen atoms in total. The number of carboxylic acids is 1. The Bertz CT molecular complexity index is 1440. The molecule has 0 fully saturated rings. The Hall–Kier alpha value is -3.06. The molecule has 3 aromatic carbocycles. The molecule has 1 aromatic heterocycles. The molecule has 4 rings (SSSR count). The van der Waals surface area contributed by atoms with Crippen molar-refractivity contribution in [2.45, 2.75) is 51.1 Å². The molecule has 2 atom stereocenters. The number of hydrogen-bond donors (Lipinski definition) is 2. The van der Waals surface area contributed by atoms with E-state index in [1.165, 1.54) is 0 Å². The van der Waals surface area contributed by atoms with Crippen molar-refractivity contribution in [3.63, 3.8) is 0 Å². The number of aliphatic carboxylic acids is 1. The van der Waals surface area contributed by atoms with Crippen LogP contribution in [0.4, 0.5) is 0 Å². The van der Waals surface area contributed by atoms with E-state index in [1.807, 2.05) is 66.7 Å². The Kier molecular flexibility index (Phi) is 9.54. The van der Waals surface area contributed by atoms with E-state index in [0.29, 0.717) is 17.4 Å². The van der Waals surface area contributed by atoms with Gasteiger partial charge in [-0.25, -0.2) is 4.98 Å². The molecular formula is C32H34ClNO4S. The molecule has 0 saturated heterocycles. The highest BCUT2D eigenvalue weighted by Gasteiger charge is 2.22. The third-order valence-corrected chi connectivity index (χ3v) is 8.49. The van der Waals surface area contributed by atoms with Gasteiger partial charge in [-0.15, -0.1) is 0 Å². The first-order valence-corrected chi connectivity index (χ1v) is 14.5. The predicted molar refractivity (Wildman–Crippen MR) is 160 cm³/mol. The number of aliphatic hydroxyl groups is 1. The Balaban J connectivity index is 1.51. The van der Waals surface area contributed by atoms with Crippen molar-refractivity contribution in [1.29, 1.82) is 0 Å². The fraction of sp³-hybridized carbons (Fsp3) is 0.312. The highest BCUT2D eigenvalue weighted by molar-refractivity contribution is 7.99. The Morgan fingerprint density at radius 2 is 1.82 bits per heavy atom. The standard InChI is InChI=1S/C32H34ClNO4S/c1-21(31(35)36)20-39-30(16-13-22-7-4-5-10-28(22)32(2,3)37)24-8-6-9-27(17-24)38-19-26-15-12-23-11-14-25(33)18-29(23)34-26/h4-12,14-15,17-18,21,30,37H,13,16,19-20H2,1-3H3,(H,35,36)/t21-,30+/m1/s1. The van der Waals surface area contributed by atoms with Crippen LogP contribution in [0.25, 0.3) is 10.9 Å². The summed E-state index contributed by atoms with van der Waals surface area (Å²) in [5.41, 5.74) is 3.78.